The lowest BCUT2D eigenvalue weighted by atomic mass is 10.2. The van der Waals surface area contributed by atoms with Gasteiger partial charge in [0.05, 0.1) is 5.69 Å². The second kappa shape index (κ2) is 3.57. The highest BCUT2D eigenvalue weighted by molar-refractivity contribution is 5.79. The molecule has 15 heavy (non-hydrogen) atoms. The van der Waals surface area contributed by atoms with Crippen LogP contribution < -0.4 is 16.0 Å². The SMILES string of the molecule is NC(=O)C[n+]1cc(N)cc2ccccc21. The summed E-state index contributed by atoms with van der Waals surface area (Å²) in [4.78, 5) is 10.9. The molecule has 0 spiro atoms. The molecule has 4 N–H and O–H groups in total. The van der Waals surface area contributed by atoms with Crippen LogP contribution in [0.15, 0.2) is 36.5 Å². The summed E-state index contributed by atoms with van der Waals surface area (Å²) in [5, 5.41) is 0.999. The number of hydrogen-bond donors (Lipinski definition) is 2. The number of nitrogen functional groups attached to an aromatic ring is 1. The zero-order valence-electron chi connectivity index (χ0n) is 8.18. The first-order valence-electron chi connectivity index (χ1n) is 4.63. The third-order valence-electron chi connectivity index (χ3n) is 2.20. The monoisotopic (exact) mass is 202 g/mol. The minimum atomic E-state index is -0.379. The molecular formula is C11H12N3O+. The Kier molecular flexibility index (Phi) is 2.25. The molecule has 0 bridgehead atoms. The fourth-order valence-electron chi connectivity index (χ4n) is 1.64. The van der Waals surface area contributed by atoms with Crippen LogP contribution in [0.1, 0.15) is 0 Å². The number of aromatic nitrogens is 1. The lowest BCUT2D eigenvalue weighted by molar-refractivity contribution is -0.657. The van der Waals surface area contributed by atoms with Gasteiger partial charge in [-0.05, 0) is 12.1 Å². The molecule has 0 radical (unpaired) electrons. The third kappa shape index (κ3) is 1.88. The Morgan fingerprint density at radius 1 is 1.33 bits per heavy atom. The summed E-state index contributed by atoms with van der Waals surface area (Å²) in [6.45, 7) is 0.144. The van der Waals surface area contributed by atoms with Gasteiger partial charge in [-0.3, -0.25) is 4.79 Å². The van der Waals surface area contributed by atoms with E-state index < -0.39 is 0 Å². The lowest BCUT2D eigenvalue weighted by Gasteiger charge is -2.00. The first-order valence-corrected chi connectivity index (χ1v) is 4.63. The maximum atomic E-state index is 10.9. The van der Waals surface area contributed by atoms with E-state index >= 15 is 0 Å². The van der Waals surface area contributed by atoms with Crippen LogP contribution in [0.25, 0.3) is 10.9 Å². The number of fused-ring (bicyclic) bond motifs is 1. The second-order valence-electron chi connectivity index (χ2n) is 3.43. The van der Waals surface area contributed by atoms with Gasteiger partial charge in [0.1, 0.15) is 0 Å². The highest BCUT2D eigenvalue weighted by Gasteiger charge is 2.11. The summed E-state index contributed by atoms with van der Waals surface area (Å²) in [7, 11) is 0. The second-order valence-corrected chi connectivity index (χ2v) is 3.43. The van der Waals surface area contributed by atoms with E-state index in [9.17, 15) is 4.79 Å². The highest BCUT2D eigenvalue weighted by atomic mass is 16.1. The van der Waals surface area contributed by atoms with Crippen molar-refractivity contribution >= 4 is 22.5 Å². The number of nitrogens with zero attached hydrogens (tertiary/aromatic N) is 1. The van der Waals surface area contributed by atoms with E-state index in [0.29, 0.717) is 5.69 Å². The van der Waals surface area contributed by atoms with Crippen molar-refractivity contribution in [3.63, 3.8) is 0 Å². The molecule has 1 heterocycles. The van der Waals surface area contributed by atoms with Crippen LogP contribution >= 0.6 is 0 Å². The standard InChI is InChI=1S/C11H11N3O/c12-9-5-8-3-1-2-4-10(8)14(6-9)7-11(13)15/h1-6H,7,12H2,(H-,13,15)/p+1. The molecule has 0 aliphatic heterocycles. The summed E-state index contributed by atoms with van der Waals surface area (Å²) in [6.07, 6.45) is 1.72. The molecule has 0 unspecified atom stereocenters. The zero-order valence-corrected chi connectivity index (χ0v) is 8.18. The summed E-state index contributed by atoms with van der Waals surface area (Å²) in [5.74, 6) is -0.379. The zero-order chi connectivity index (χ0) is 10.8. The van der Waals surface area contributed by atoms with E-state index in [1.54, 1.807) is 10.8 Å². The van der Waals surface area contributed by atoms with Gasteiger partial charge in [0.2, 0.25) is 12.1 Å². The van der Waals surface area contributed by atoms with Gasteiger partial charge in [-0.1, -0.05) is 12.1 Å². The Labute approximate surface area is 87.1 Å². The predicted octanol–water partition coefficient (Wildman–Crippen LogP) is 0.195. The van der Waals surface area contributed by atoms with Crippen molar-refractivity contribution in [1.29, 1.82) is 0 Å². The van der Waals surface area contributed by atoms with Crippen LogP contribution in [-0.2, 0) is 11.3 Å². The minimum Gasteiger partial charge on any atom is -0.394 e. The first kappa shape index (κ1) is 9.45. The van der Waals surface area contributed by atoms with Crippen LogP contribution in [-0.4, -0.2) is 5.91 Å². The van der Waals surface area contributed by atoms with Gasteiger partial charge in [-0.25, -0.2) is 0 Å². The molecule has 0 aliphatic rings. The molecule has 1 aromatic heterocycles. The molecular weight excluding hydrogens is 190 g/mol. The molecule has 0 aliphatic carbocycles. The molecule has 1 aromatic carbocycles. The van der Waals surface area contributed by atoms with Crippen molar-refractivity contribution in [2.24, 2.45) is 5.73 Å². The van der Waals surface area contributed by atoms with E-state index in [-0.39, 0.29) is 12.5 Å². The van der Waals surface area contributed by atoms with Gasteiger partial charge in [-0.2, -0.15) is 4.57 Å². The van der Waals surface area contributed by atoms with Gasteiger partial charge in [0.15, 0.2) is 6.20 Å². The van der Waals surface area contributed by atoms with Crippen LogP contribution in [0.3, 0.4) is 0 Å². The molecule has 2 rings (SSSR count). The minimum absolute atomic E-state index is 0.144. The number of rotatable bonds is 2. The third-order valence-corrected chi connectivity index (χ3v) is 2.20. The van der Waals surface area contributed by atoms with E-state index in [0.717, 1.165) is 10.9 Å². The van der Waals surface area contributed by atoms with Crippen molar-refractivity contribution < 1.29 is 9.36 Å². The quantitative estimate of drug-likeness (QED) is 0.682. The number of hydrogen-bond acceptors (Lipinski definition) is 2. The number of nitrogens with two attached hydrogens (primary N) is 2. The highest BCUT2D eigenvalue weighted by Crippen LogP contribution is 2.12. The summed E-state index contributed by atoms with van der Waals surface area (Å²) < 4.78 is 1.76. The summed E-state index contributed by atoms with van der Waals surface area (Å²) in [5.41, 5.74) is 12.5. The fourth-order valence-corrected chi connectivity index (χ4v) is 1.64. The van der Waals surface area contributed by atoms with Crippen molar-refractivity contribution in [2.45, 2.75) is 6.54 Å². The lowest BCUT2D eigenvalue weighted by Crippen LogP contribution is -2.41. The Hall–Kier alpha value is -2.10. The van der Waals surface area contributed by atoms with Crippen molar-refractivity contribution in [3.05, 3.63) is 36.5 Å². The Morgan fingerprint density at radius 3 is 2.80 bits per heavy atom. The van der Waals surface area contributed by atoms with Crippen molar-refractivity contribution in [1.82, 2.24) is 0 Å². The van der Waals surface area contributed by atoms with Crippen LogP contribution in [0, 0.1) is 0 Å². The number of para-hydroxylation sites is 1. The summed E-state index contributed by atoms with van der Waals surface area (Å²) in [6, 6.07) is 9.58. The fraction of sp³-hybridized carbons (Fsp3) is 0.0909. The number of carbonyl (C=O) groups excluding carboxylic acids is 1. The van der Waals surface area contributed by atoms with Crippen LogP contribution in [0.2, 0.25) is 0 Å². The average Bonchev–Trinajstić information content (AvgIpc) is 2.16. The number of amides is 1. The average molecular weight is 202 g/mol. The van der Waals surface area contributed by atoms with Gasteiger partial charge in [0, 0.05) is 11.5 Å². The molecule has 0 fully saturated rings. The number of anilines is 1. The van der Waals surface area contributed by atoms with Crippen LogP contribution in [0.5, 0.6) is 0 Å². The maximum absolute atomic E-state index is 10.9. The van der Waals surface area contributed by atoms with Gasteiger partial charge in [0.25, 0.3) is 5.91 Å². The molecule has 76 valence electrons. The number of pyridine rings is 1. The topological polar surface area (TPSA) is 73.0 Å². The van der Waals surface area contributed by atoms with Gasteiger partial charge < -0.3 is 11.5 Å². The van der Waals surface area contributed by atoms with Crippen LogP contribution in [0.4, 0.5) is 5.69 Å². The first-order chi connectivity index (χ1) is 7.16. The molecule has 4 nitrogen and oxygen atoms in total. The smallest absolute Gasteiger partial charge is 0.283 e. The summed E-state index contributed by atoms with van der Waals surface area (Å²) >= 11 is 0. The molecule has 0 atom stereocenters. The van der Waals surface area contributed by atoms with Gasteiger partial charge in [-0.15, -0.1) is 0 Å². The Morgan fingerprint density at radius 2 is 2.07 bits per heavy atom. The molecule has 0 saturated carbocycles. The Balaban J connectivity index is 2.65. The van der Waals surface area contributed by atoms with Gasteiger partial charge >= 0.3 is 0 Å². The van der Waals surface area contributed by atoms with E-state index in [1.807, 2.05) is 30.3 Å². The normalized spacial score (nSPS) is 10.4. The number of primary amides is 1. The molecule has 0 saturated heterocycles. The largest absolute Gasteiger partial charge is 0.394 e. The van der Waals surface area contributed by atoms with E-state index in [2.05, 4.69) is 0 Å². The number of benzene rings is 1. The molecule has 1 amide bonds. The van der Waals surface area contributed by atoms with E-state index in [4.69, 9.17) is 11.5 Å². The van der Waals surface area contributed by atoms with Crippen molar-refractivity contribution in [3.8, 4) is 0 Å². The Bertz CT molecular complexity index is 522. The number of carbonyl (C=O) groups is 1. The predicted molar refractivity (Wildman–Crippen MR) is 57.7 cm³/mol. The molecule has 4 heteroatoms. The molecule has 2 aromatic rings. The van der Waals surface area contributed by atoms with Crippen molar-refractivity contribution in [2.75, 3.05) is 5.73 Å². The maximum Gasteiger partial charge on any atom is 0.283 e. The van der Waals surface area contributed by atoms with E-state index in [1.165, 1.54) is 0 Å².